The van der Waals surface area contributed by atoms with Gasteiger partial charge in [-0.1, -0.05) is 13.8 Å². The molecule has 0 saturated heterocycles. The van der Waals surface area contributed by atoms with Gasteiger partial charge in [-0.25, -0.2) is 0 Å². The fraction of sp³-hybridized carbons (Fsp3) is 0.462. The molecule has 110 valence electrons. The number of ether oxygens (including phenoxy) is 1. The molecule has 1 amide bonds. The second-order valence-corrected chi connectivity index (χ2v) is 4.44. The van der Waals surface area contributed by atoms with E-state index in [9.17, 15) is 14.9 Å². The van der Waals surface area contributed by atoms with Crippen LogP contribution in [0.3, 0.4) is 0 Å². The highest BCUT2D eigenvalue weighted by Crippen LogP contribution is 2.24. The Morgan fingerprint density at radius 1 is 1.55 bits per heavy atom. The number of nitrogens with zero attached hydrogens (tertiary/aromatic N) is 1. The van der Waals surface area contributed by atoms with Crippen LogP contribution in [-0.4, -0.2) is 24.0 Å². The van der Waals surface area contributed by atoms with E-state index in [1.807, 2.05) is 6.92 Å². The van der Waals surface area contributed by atoms with Crippen molar-refractivity contribution in [2.75, 3.05) is 13.2 Å². The van der Waals surface area contributed by atoms with Crippen LogP contribution in [0, 0.1) is 16.0 Å². The van der Waals surface area contributed by atoms with Gasteiger partial charge >= 0.3 is 0 Å². The largest absolute Gasteiger partial charge is 0.492 e. The maximum Gasteiger partial charge on any atom is 0.270 e. The maximum absolute atomic E-state index is 11.0. The SMILES string of the molecule is CCNCc1cc([N+](=O)[O-])ccc1OCC(C)C(N)=O. The van der Waals surface area contributed by atoms with Crippen LogP contribution in [0.4, 0.5) is 5.69 Å². The lowest BCUT2D eigenvalue weighted by atomic mass is 10.1. The predicted molar refractivity (Wildman–Crippen MR) is 74.3 cm³/mol. The van der Waals surface area contributed by atoms with Crippen molar-refractivity contribution in [2.24, 2.45) is 11.7 Å². The number of primary amides is 1. The van der Waals surface area contributed by atoms with Crippen LogP contribution < -0.4 is 15.8 Å². The summed E-state index contributed by atoms with van der Waals surface area (Å²) in [4.78, 5) is 21.3. The number of rotatable bonds is 8. The summed E-state index contributed by atoms with van der Waals surface area (Å²) in [6.45, 7) is 4.94. The number of amides is 1. The summed E-state index contributed by atoms with van der Waals surface area (Å²) in [5.41, 5.74) is 5.85. The predicted octanol–water partition coefficient (Wildman–Crippen LogP) is 1.20. The van der Waals surface area contributed by atoms with Crippen LogP contribution >= 0.6 is 0 Å². The molecule has 1 unspecified atom stereocenters. The van der Waals surface area contributed by atoms with E-state index < -0.39 is 16.7 Å². The van der Waals surface area contributed by atoms with Crippen molar-refractivity contribution >= 4 is 11.6 Å². The number of nitrogens with two attached hydrogens (primary N) is 1. The van der Waals surface area contributed by atoms with E-state index in [1.54, 1.807) is 13.0 Å². The van der Waals surface area contributed by atoms with Crippen LogP contribution in [0.15, 0.2) is 18.2 Å². The highest BCUT2D eigenvalue weighted by Gasteiger charge is 2.14. The summed E-state index contributed by atoms with van der Waals surface area (Å²) >= 11 is 0. The summed E-state index contributed by atoms with van der Waals surface area (Å²) in [6.07, 6.45) is 0. The molecule has 3 N–H and O–H groups in total. The van der Waals surface area contributed by atoms with Gasteiger partial charge in [0.1, 0.15) is 5.75 Å². The molecule has 0 bridgehead atoms. The van der Waals surface area contributed by atoms with Crippen molar-refractivity contribution in [3.8, 4) is 5.75 Å². The smallest absolute Gasteiger partial charge is 0.270 e. The Kier molecular flexibility index (Phi) is 5.92. The van der Waals surface area contributed by atoms with E-state index in [2.05, 4.69) is 5.32 Å². The fourth-order valence-electron chi connectivity index (χ4n) is 1.51. The Morgan fingerprint density at radius 2 is 2.25 bits per heavy atom. The van der Waals surface area contributed by atoms with Gasteiger partial charge in [-0.15, -0.1) is 0 Å². The molecule has 1 aromatic carbocycles. The van der Waals surface area contributed by atoms with Gasteiger partial charge in [0.2, 0.25) is 5.91 Å². The average molecular weight is 281 g/mol. The van der Waals surface area contributed by atoms with Gasteiger partial charge in [0.05, 0.1) is 17.4 Å². The first-order chi connectivity index (χ1) is 9.45. The fourth-order valence-corrected chi connectivity index (χ4v) is 1.51. The maximum atomic E-state index is 11.0. The summed E-state index contributed by atoms with van der Waals surface area (Å²) in [7, 11) is 0. The van der Waals surface area contributed by atoms with Crippen molar-refractivity contribution in [3.63, 3.8) is 0 Å². The molecular formula is C13H19N3O4. The molecule has 1 rings (SSSR count). The third kappa shape index (κ3) is 4.51. The number of nitrogens with one attached hydrogen (secondary N) is 1. The highest BCUT2D eigenvalue weighted by atomic mass is 16.6. The number of hydrogen-bond acceptors (Lipinski definition) is 5. The molecule has 0 fully saturated rings. The van der Waals surface area contributed by atoms with Crippen LogP contribution in [-0.2, 0) is 11.3 Å². The summed E-state index contributed by atoms with van der Waals surface area (Å²) < 4.78 is 5.53. The van der Waals surface area contributed by atoms with Crippen molar-refractivity contribution in [3.05, 3.63) is 33.9 Å². The number of carbonyl (C=O) groups is 1. The monoisotopic (exact) mass is 281 g/mol. The molecule has 0 aliphatic carbocycles. The molecule has 7 heteroatoms. The molecule has 0 aromatic heterocycles. The van der Waals surface area contributed by atoms with Gasteiger partial charge in [0, 0.05) is 24.2 Å². The van der Waals surface area contributed by atoms with E-state index in [0.717, 1.165) is 6.54 Å². The normalized spacial score (nSPS) is 11.9. The molecule has 0 radical (unpaired) electrons. The van der Waals surface area contributed by atoms with Crippen molar-refractivity contribution in [2.45, 2.75) is 20.4 Å². The van der Waals surface area contributed by atoms with E-state index in [1.165, 1.54) is 12.1 Å². The van der Waals surface area contributed by atoms with E-state index in [-0.39, 0.29) is 12.3 Å². The first-order valence-corrected chi connectivity index (χ1v) is 6.35. The van der Waals surface area contributed by atoms with Crippen molar-refractivity contribution in [1.29, 1.82) is 0 Å². The minimum atomic E-state index is -0.453. The second kappa shape index (κ2) is 7.44. The Bertz CT molecular complexity index is 491. The number of hydrogen-bond donors (Lipinski definition) is 2. The standard InChI is InChI=1S/C13H19N3O4/c1-3-15-7-10-6-11(16(18)19)4-5-12(10)20-8-9(2)13(14)17/h4-6,9,15H,3,7-8H2,1-2H3,(H2,14,17). The zero-order valence-corrected chi connectivity index (χ0v) is 11.6. The van der Waals surface area contributed by atoms with Gasteiger partial charge < -0.3 is 15.8 Å². The van der Waals surface area contributed by atoms with Crippen LogP contribution in [0.2, 0.25) is 0 Å². The summed E-state index contributed by atoms with van der Waals surface area (Å²) in [5, 5.41) is 13.9. The van der Waals surface area contributed by atoms with Gasteiger partial charge in [0.15, 0.2) is 0 Å². The molecule has 20 heavy (non-hydrogen) atoms. The average Bonchev–Trinajstić information content (AvgIpc) is 2.42. The molecule has 0 heterocycles. The number of non-ortho nitro benzene ring substituents is 1. The number of nitro benzene ring substituents is 1. The third-order valence-corrected chi connectivity index (χ3v) is 2.79. The number of carbonyl (C=O) groups excluding carboxylic acids is 1. The summed E-state index contributed by atoms with van der Waals surface area (Å²) in [5.74, 6) is -0.345. The Hall–Kier alpha value is -2.15. The molecule has 7 nitrogen and oxygen atoms in total. The highest BCUT2D eigenvalue weighted by molar-refractivity contribution is 5.76. The molecular weight excluding hydrogens is 262 g/mol. The third-order valence-electron chi connectivity index (χ3n) is 2.79. The molecule has 0 aliphatic rings. The number of nitro groups is 1. The Morgan fingerprint density at radius 3 is 2.80 bits per heavy atom. The van der Waals surface area contributed by atoms with E-state index >= 15 is 0 Å². The van der Waals surface area contributed by atoms with Crippen LogP contribution in [0.5, 0.6) is 5.75 Å². The van der Waals surface area contributed by atoms with Gasteiger partial charge in [-0.3, -0.25) is 14.9 Å². The molecule has 0 saturated carbocycles. The van der Waals surface area contributed by atoms with Gasteiger partial charge in [-0.05, 0) is 12.6 Å². The van der Waals surface area contributed by atoms with Crippen molar-refractivity contribution in [1.82, 2.24) is 5.32 Å². The molecule has 1 atom stereocenters. The molecule has 1 aromatic rings. The van der Waals surface area contributed by atoms with Crippen LogP contribution in [0.1, 0.15) is 19.4 Å². The Labute approximate surface area is 117 Å². The minimum absolute atomic E-state index is 0.00760. The lowest BCUT2D eigenvalue weighted by Gasteiger charge is -2.14. The first-order valence-electron chi connectivity index (χ1n) is 6.35. The quantitative estimate of drug-likeness (QED) is 0.550. The zero-order chi connectivity index (χ0) is 15.1. The molecule has 0 aliphatic heterocycles. The van der Waals surface area contributed by atoms with Gasteiger partial charge in [-0.2, -0.15) is 0 Å². The van der Waals surface area contributed by atoms with Crippen LogP contribution in [0.25, 0.3) is 0 Å². The van der Waals surface area contributed by atoms with E-state index in [4.69, 9.17) is 10.5 Å². The van der Waals surface area contributed by atoms with E-state index in [0.29, 0.717) is 17.9 Å². The summed E-state index contributed by atoms with van der Waals surface area (Å²) in [6, 6.07) is 4.38. The topological polar surface area (TPSA) is 107 Å². The zero-order valence-electron chi connectivity index (χ0n) is 11.6. The lowest BCUT2D eigenvalue weighted by molar-refractivity contribution is -0.384. The van der Waals surface area contributed by atoms with Gasteiger partial charge in [0.25, 0.3) is 5.69 Å². The van der Waals surface area contributed by atoms with Crippen molar-refractivity contribution < 1.29 is 14.5 Å². The Balaban J connectivity index is 2.87. The number of benzene rings is 1. The second-order valence-electron chi connectivity index (χ2n) is 4.44. The lowest BCUT2D eigenvalue weighted by Crippen LogP contribution is -2.26. The minimum Gasteiger partial charge on any atom is -0.492 e. The first kappa shape index (κ1) is 15.9. The molecule has 0 spiro atoms.